The average Bonchev–Trinajstić information content (AvgIpc) is 2.81. The second-order valence-corrected chi connectivity index (χ2v) is 5.13. The van der Waals surface area contributed by atoms with Gasteiger partial charge in [-0.25, -0.2) is 4.85 Å². The van der Waals surface area contributed by atoms with Crippen molar-refractivity contribution in [2.75, 3.05) is 0 Å². The largest absolute Gasteiger partial charge is 0.251 e. The van der Waals surface area contributed by atoms with Crippen LogP contribution < -0.4 is 0 Å². The summed E-state index contributed by atoms with van der Waals surface area (Å²) in [5, 5.41) is 4.45. The van der Waals surface area contributed by atoms with Gasteiger partial charge in [0, 0.05) is 16.0 Å². The van der Waals surface area contributed by atoms with Crippen LogP contribution in [0, 0.1) is 20.4 Å². The van der Waals surface area contributed by atoms with E-state index < -0.39 is 0 Å². The lowest BCUT2D eigenvalue weighted by atomic mass is 10.3. The highest BCUT2D eigenvalue weighted by atomic mass is 32.1. The summed E-state index contributed by atoms with van der Waals surface area (Å²) >= 11 is 1.76. The molecule has 2 rings (SSSR count). The summed E-state index contributed by atoms with van der Waals surface area (Å²) in [6.07, 6.45) is 2.62. The zero-order valence-electron chi connectivity index (χ0n) is 9.61. The zero-order valence-corrected chi connectivity index (χ0v) is 10.4. The van der Waals surface area contributed by atoms with E-state index in [1.807, 2.05) is 17.8 Å². The topological polar surface area (TPSA) is 22.2 Å². The molecule has 0 aromatic carbocycles. The molecule has 2 aromatic heterocycles. The molecular weight excluding hydrogens is 218 g/mol. The van der Waals surface area contributed by atoms with Crippen LogP contribution >= 0.6 is 11.3 Å². The summed E-state index contributed by atoms with van der Waals surface area (Å²) < 4.78 is 1.82. The van der Waals surface area contributed by atoms with Gasteiger partial charge in [-0.3, -0.25) is 4.68 Å². The van der Waals surface area contributed by atoms with Crippen LogP contribution in [0.2, 0.25) is 0 Å². The molecular formula is C12H13N3S. The fraction of sp³-hybridized carbons (Fsp3) is 0.333. The highest BCUT2D eigenvalue weighted by Crippen LogP contribution is 2.27. The Kier molecular flexibility index (Phi) is 2.80. The predicted octanol–water partition coefficient (Wildman–Crippen LogP) is 3.66. The van der Waals surface area contributed by atoms with Gasteiger partial charge >= 0.3 is 0 Å². The Morgan fingerprint density at radius 1 is 1.50 bits per heavy atom. The monoisotopic (exact) mass is 231 g/mol. The first-order valence-corrected chi connectivity index (χ1v) is 6.00. The lowest BCUT2D eigenvalue weighted by Crippen LogP contribution is -1.95. The second kappa shape index (κ2) is 4.11. The maximum atomic E-state index is 7.10. The Bertz CT molecular complexity index is 557. The maximum Gasteiger partial charge on any atom is 0.227 e. The smallest absolute Gasteiger partial charge is 0.227 e. The van der Waals surface area contributed by atoms with Gasteiger partial charge in [0.2, 0.25) is 5.69 Å². The van der Waals surface area contributed by atoms with Gasteiger partial charge in [0.05, 0.1) is 18.0 Å². The number of nitrogens with zero attached hydrogens (tertiary/aromatic N) is 3. The number of aryl methyl sites for hydroxylation is 3. The molecule has 0 aliphatic carbocycles. The van der Waals surface area contributed by atoms with E-state index in [1.54, 1.807) is 11.3 Å². The van der Waals surface area contributed by atoms with Crippen molar-refractivity contribution in [1.82, 2.24) is 9.78 Å². The van der Waals surface area contributed by atoms with E-state index in [4.69, 9.17) is 6.57 Å². The fourth-order valence-electron chi connectivity index (χ4n) is 1.71. The van der Waals surface area contributed by atoms with Crippen LogP contribution in [0.1, 0.15) is 22.4 Å². The number of rotatable bonds is 2. The van der Waals surface area contributed by atoms with Gasteiger partial charge in [0.25, 0.3) is 0 Å². The normalized spacial score (nSPS) is 10.4. The molecule has 0 atom stereocenters. The van der Waals surface area contributed by atoms with Gasteiger partial charge in [-0.1, -0.05) is 6.92 Å². The Labute approximate surface area is 99.2 Å². The van der Waals surface area contributed by atoms with Crippen molar-refractivity contribution in [3.05, 3.63) is 39.1 Å². The van der Waals surface area contributed by atoms with E-state index >= 15 is 0 Å². The molecule has 3 nitrogen and oxygen atoms in total. The molecule has 82 valence electrons. The first-order valence-electron chi connectivity index (χ1n) is 5.19. The third-order valence-electron chi connectivity index (χ3n) is 2.49. The Morgan fingerprint density at radius 3 is 2.69 bits per heavy atom. The predicted molar refractivity (Wildman–Crippen MR) is 66.6 cm³/mol. The zero-order chi connectivity index (χ0) is 11.7. The molecule has 0 aliphatic heterocycles. The highest BCUT2D eigenvalue weighted by molar-refractivity contribution is 7.12. The molecule has 0 saturated carbocycles. The molecule has 0 spiro atoms. The Balaban J connectivity index is 2.53. The van der Waals surface area contributed by atoms with Crippen molar-refractivity contribution in [1.29, 1.82) is 0 Å². The summed E-state index contributed by atoms with van der Waals surface area (Å²) in [6, 6.07) is 2.11. The lowest BCUT2D eigenvalue weighted by Gasteiger charge is -1.98. The van der Waals surface area contributed by atoms with E-state index in [0.717, 1.165) is 17.8 Å². The molecule has 0 fully saturated rings. The summed E-state index contributed by atoms with van der Waals surface area (Å²) in [5.74, 6) is 0. The fourth-order valence-corrected chi connectivity index (χ4v) is 2.62. The molecule has 4 heteroatoms. The van der Waals surface area contributed by atoms with E-state index in [0.29, 0.717) is 5.69 Å². The minimum atomic E-state index is 0.658. The quantitative estimate of drug-likeness (QED) is 0.723. The molecule has 0 N–H and O–H groups in total. The molecule has 16 heavy (non-hydrogen) atoms. The number of aromatic nitrogens is 2. The summed E-state index contributed by atoms with van der Waals surface area (Å²) in [7, 11) is 0. The van der Waals surface area contributed by atoms with Gasteiger partial charge in [-0.05, 0) is 26.3 Å². The molecule has 2 heterocycles. The first-order chi connectivity index (χ1) is 7.65. The van der Waals surface area contributed by atoms with Gasteiger partial charge in [-0.15, -0.1) is 11.3 Å². The molecule has 0 unspecified atom stereocenters. The second-order valence-electron chi connectivity index (χ2n) is 3.67. The highest BCUT2D eigenvalue weighted by Gasteiger charge is 2.11. The van der Waals surface area contributed by atoms with Crippen molar-refractivity contribution in [2.45, 2.75) is 27.2 Å². The van der Waals surface area contributed by atoms with Crippen molar-refractivity contribution in [2.24, 2.45) is 0 Å². The number of hydrogen-bond donors (Lipinski definition) is 0. The third kappa shape index (κ3) is 1.74. The van der Waals surface area contributed by atoms with Crippen molar-refractivity contribution >= 4 is 17.0 Å². The van der Waals surface area contributed by atoms with Crippen LogP contribution in [-0.2, 0) is 6.42 Å². The van der Waals surface area contributed by atoms with E-state index in [-0.39, 0.29) is 0 Å². The van der Waals surface area contributed by atoms with Crippen molar-refractivity contribution in [3.63, 3.8) is 0 Å². The van der Waals surface area contributed by atoms with Gasteiger partial charge in [0.1, 0.15) is 0 Å². The standard InChI is InChI=1S/C12H13N3S/c1-5-10-11(13-4)7-15(14-10)12-6-8(2)16-9(12)3/h6-7H,5H2,1-3H3. The van der Waals surface area contributed by atoms with Gasteiger partial charge < -0.3 is 0 Å². The Morgan fingerprint density at radius 2 is 2.25 bits per heavy atom. The Hall–Kier alpha value is -1.60. The molecule has 0 radical (unpaired) electrons. The average molecular weight is 231 g/mol. The molecule has 0 aliphatic rings. The minimum absolute atomic E-state index is 0.658. The van der Waals surface area contributed by atoms with Crippen molar-refractivity contribution < 1.29 is 0 Å². The number of hydrogen-bond acceptors (Lipinski definition) is 2. The van der Waals surface area contributed by atoms with E-state index in [9.17, 15) is 0 Å². The third-order valence-corrected chi connectivity index (χ3v) is 3.44. The number of thiophene rings is 1. The van der Waals surface area contributed by atoms with Crippen LogP contribution in [0.25, 0.3) is 10.5 Å². The van der Waals surface area contributed by atoms with E-state index in [1.165, 1.54) is 9.75 Å². The van der Waals surface area contributed by atoms with Crippen LogP contribution in [0.5, 0.6) is 0 Å². The van der Waals surface area contributed by atoms with Gasteiger partial charge in [0.15, 0.2) is 0 Å². The maximum absolute atomic E-state index is 7.10. The lowest BCUT2D eigenvalue weighted by molar-refractivity contribution is 0.840. The van der Waals surface area contributed by atoms with Crippen molar-refractivity contribution in [3.8, 4) is 5.69 Å². The molecule has 0 saturated heterocycles. The van der Waals surface area contributed by atoms with Crippen LogP contribution in [0.4, 0.5) is 5.69 Å². The van der Waals surface area contributed by atoms with Crippen LogP contribution in [-0.4, -0.2) is 9.78 Å². The molecule has 0 bridgehead atoms. The van der Waals surface area contributed by atoms with Crippen LogP contribution in [0.3, 0.4) is 0 Å². The van der Waals surface area contributed by atoms with E-state index in [2.05, 4.69) is 29.9 Å². The summed E-state index contributed by atoms with van der Waals surface area (Å²) in [5.41, 5.74) is 2.62. The van der Waals surface area contributed by atoms with Gasteiger partial charge in [-0.2, -0.15) is 5.10 Å². The SMILES string of the molecule is [C-]#[N+]c1cn(-c2cc(C)sc2C)nc1CC. The molecule has 0 amide bonds. The first kappa shape index (κ1) is 10.9. The molecule has 2 aromatic rings. The summed E-state index contributed by atoms with van der Waals surface area (Å²) in [4.78, 5) is 6.00. The van der Waals surface area contributed by atoms with Crippen LogP contribution in [0.15, 0.2) is 12.3 Å². The minimum Gasteiger partial charge on any atom is -0.251 e. The summed E-state index contributed by atoms with van der Waals surface area (Å²) in [6.45, 7) is 13.3.